The lowest BCUT2D eigenvalue weighted by Gasteiger charge is -2.09. The van der Waals surface area contributed by atoms with Crippen LogP contribution in [0.4, 0.5) is 5.69 Å². The summed E-state index contributed by atoms with van der Waals surface area (Å²) in [4.78, 5) is 25.2. The fourth-order valence-corrected chi connectivity index (χ4v) is 2.62. The van der Waals surface area contributed by atoms with Gasteiger partial charge in [-0.2, -0.15) is 0 Å². The van der Waals surface area contributed by atoms with Crippen LogP contribution in [-0.2, 0) is 4.79 Å². The molecule has 4 nitrogen and oxygen atoms in total. The van der Waals surface area contributed by atoms with Gasteiger partial charge in [0.15, 0.2) is 0 Å². The molecule has 1 saturated carbocycles. The molecule has 0 spiro atoms. The second kappa shape index (κ2) is 6.58. The maximum absolute atomic E-state index is 12.2. The van der Waals surface area contributed by atoms with Gasteiger partial charge in [-0.25, -0.2) is 0 Å². The first kappa shape index (κ1) is 14.5. The molecule has 0 aliphatic heterocycles. The van der Waals surface area contributed by atoms with Crippen molar-refractivity contribution >= 4 is 34.9 Å². The summed E-state index contributed by atoms with van der Waals surface area (Å²) in [6.45, 7) is 0. The van der Waals surface area contributed by atoms with E-state index in [1.54, 1.807) is 41.7 Å². The largest absolute Gasteiger partial charge is 0.349 e. The second-order valence-corrected chi connectivity index (χ2v) is 6.11. The third-order valence-electron chi connectivity index (χ3n) is 3.28. The normalized spacial score (nSPS) is 14.0. The Morgan fingerprint density at radius 2 is 1.95 bits per heavy atom. The van der Waals surface area contributed by atoms with Gasteiger partial charge in [0.2, 0.25) is 5.91 Å². The first-order valence-electron chi connectivity index (χ1n) is 7.15. The van der Waals surface area contributed by atoms with Crippen LogP contribution >= 0.6 is 11.3 Å². The van der Waals surface area contributed by atoms with Crippen molar-refractivity contribution in [1.82, 2.24) is 5.32 Å². The van der Waals surface area contributed by atoms with Crippen LogP contribution in [-0.4, -0.2) is 17.9 Å². The van der Waals surface area contributed by atoms with Gasteiger partial charge in [0.1, 0.15) is 0 Å². The van der Waals surface area contributed by atoms with Crippen molar-refractivity contribution in [2.45, 2.75) is 18.9 Å². The SMILES string of the molecule is O=C(C=Cc1cccs1)Nc1ccccc1C(=O)NC1CC1. The Morgan fingerprint density at radius 1 is 1.14 bits per heavy atom. The molecule has 1 aromatic heterocycles. The molecule has 1 aliphatic carbocycles. The van der Waals surface area contributed by atoms with Crippen LogP contribution in [0.1, 0.15) is 28.1 Å². The number of hydrogen-bond acceptors (Lipinski definition) is 3. The molecule has 2 aromatic rings. The molecule has 3 rings (SSSR count). The van der Waals surface area contributed by atoms with Gasteiger partial charge in [0, 0.05) is 17.0 Å². The van der Waals surface area contributed by atoms with Crippen molar-refractivity contribution in [3.05, 3.63) is 58.3 Å². The van der Waals surface area contributed by atoms with Gasteiger partial charge >= 0.3 is 0 Å². The van der Waals surface area contributed by atoms with E-state index in [2.05, 4.69) is 10.6 Å². The monoisotopic (exact) mass is 312 g/mol. The van der Waals surface area contributed by atoms with Gasteiger partial charge in [0.25, 0.3) is 5.91 Å². The summed E-state index contributed by atoms with van der Waals surface area (Å²) < 4.78 is 0. The highest BCUT2D eigenvalue weighted by Crippen LogP contribution is 2.21. The molecule has 0 unspecified atom stereocenters. The van der Waals surface area contributed by atoms with Gasteiger partial charge in [-0.1, -0.05) is 18.2 Å². The van der Waals surface area contributed by atoms with Gasteiger partial charge in [0.05, 0.1) is 11.3 Å². The molecule has 1 aromatic carbocycles. The Balaban J connectivity index is 1.68. The lowest BCUT2D eigenvalue weighted by atomic mass is 10.1. The van der Waals surface area contributed by atoms with E-state index in [-0.39, 0.29) is 17.9 Å². The van der Waals surface area contributed by atoms with Gasteiger partial charge in [-0.15, -0.1) is 11.3 Å². The summed E-state index contributed by atoms with van der Waals surface area (Å²) in [6, 6.07) is 11.2. The standard InChI is InChI=1S/C17H16N2O2S/c20-16(10-9-13-4-3-11-22-13)19-15-6-2-1-5-14(15)17(21)18-12-7-8-12/h1-6,9-12H,7-8H2,(H,18,21)(H,19,20). The number of benzene rings is 1. The van der Waals surface area contributed by atoms with Crippen molar-refractivity contribution < 1.29 is 9.59 Å². The summed E-state index contributed by atoms with van der Waals surface area (Å²) in [5, 5.41) is 7.65. The molecule has 22 heavy (non-hydrogen) atoms. The second-order valence-electron chi connectivity index (χ2n) is 5.13. The molecule has 112 valence electrons. The zero-order chi connectivity index (χ0) is 15.4. The highest BCUT2D eigenvalue weighted by atomic mass is 32.1. The predicted octanol–water partition coefficient (Wildman–Crippen LogP) is 3.29. The van der Waals surface area contributed by atoms with Crippen LogP contribution in [0.25, 0.3) is 6.08 Å². The number of thiophene rings is 1. The first-order chi connectivity index (χ1) is 10.7. The zero-order valence-corrected chi connectivity index (χ0v) is 12.7. The summed E-state index contributed by atoms with van der Waals surface area (Å²) in [5.74, 6) is -0.388. The van der Waals surface area contributed by atoms with Crippen LogP contribution in [0.3, 0.4) is 0 Å². The van der Waals surface area contributed by atoms with E-state index in [4.69, 9.17) is 0 Å². The van der Waals surface area contributed by atoms with Crippen LogP contribution in [0.5, 0.6) is 0 Å². The minimum absolute atomic E-state index is 0.138. The Morgan fingerprint density at radius 3 is 2.68 bits per heavy atom. The fraction of sp³-hybridized carbons (Fsp3) is 0.176. The number of rotatable bonds is 5. The number of hydrogen-bond donors (Lipinski definition) is 2. The van der Waals surface area contributed by atoms with Crippen molar-refractivity contribution in [3.8, 4) is 0 Å². The molecule has 0 bridgehead atoms. The van der Waals surface area contributed by atoms with Crippen molar-refractivity contribution in [1.29, 1.82) is 0 Å². The Hall–Kier alpha value is -2.40. The van der Waals surface area contributed by atoms with Crippen LogP contribution in [0.15, 0.2) is 47.9 Å². The molecule has 0 radical (unpaired) electrons. The molecule has 2 amide bonds. The van der Waals surface area contributed by atoms with E-state index in [9.17, 15) is 9.59 Å². The number of carbonyl (C=O) groups is 2. The van der Waals surface area contributed by atoms with Crippen LogP contribution in [0, 0.1) is 0 Å². The summed E-state index contributed by atoms with van der Waals surface area (Å²) in [5.41, 5.74) is 1.02. The van der Waals surface area contributed by atoms with E-state index in [1.807, 2.05) is 17.5 Å². The van der Waals surface area contributed by atoms with Gasteiger partial charge in [-0.3, -0.25) is 9.59 Å². The van der Waals surface area contributed by atoms with Crippen LogP contribution < -0.4 is 10.6 Å². The molecule has 2 N–H and O–H groups in total. The molecule has 0 saturated heterocycles. The molecule has 1 fully saturated rings. The third kappa shape index (κ3) is 3.83. The Labute approximate surface area is 132 Å². The molecule has 0 atom stereocenters. The summed E-state index contributed by atoms with van der Waals surface area (Å²) in [6.07, 6.45) is 5.29. The number of para-hydroxylation sites is 1. The maximum atomic E-state index is 12.2. The minimum Gasteiger partial charge on any atom is -0.349 e. The predicted molar refractivity (Wildman–Crippen MR) is 88.9 cm³/mol. The molecular weight excluding hydrogens is 296 g/mol. The lowest BCUT2D eigenvalue weighted by molar-refractivity contribution is -0.111. The van der Waals surface area contributed by atoms with E-state index in [1.165, 1.54) is 6.08 Å². The van der Waals surface area contributed by atoms with E-state index < -0.39 is 0 Å². The topological polar surface area (TPSA) is 58.2 Å². The highest BCUT2D eigenvalue weighted by molar-refractivity contribution is 7.10. The zero-order valence-electron chi connectivity index (χ0n) is 11.9. The number of anilines is 1. The van der Waals surface area contributed by atoms with Crippen LogP contribution in [0.2, 0.25) is 0 Å². The number of carbonyl (C=O) groups excluding carboxylic acids is 2. The van der Waals surface area contributed by atoms with E-state index in [0.717, 1.165) is 17.7 Å². The Bertz CT molecular complexity index is 703. The summed E-state index contributed by atoms with van der Waals surface area (Å²) in [7, 11) is 0. The number of nitrogens with one attached hydrogen (secondary N) is 2. The maximum Gasteiger partial charge on any atom is 0.253 e. The molecule has 5 heteroatoms. The average Bonchev–Trinajstić information content (AvgIpc) is 3.17. The van der Waals surface area contributed by atoms with Crippen molar-refractivity contribution in [2.24, 2.45) is 0 Å². The molecular formula is C17H16N2O2S. The van der Waals surface area contributed by atoms with Gasteiger partial charge < -0.3 is 10.6 Å². The van der Waals surface area contributed by atoms with E-state index in [0.29, 0.717) is 11.3 Å². The average molecular weight is 312 g/mol. The number of amides is 2. The minimum atomic E-state index is -0.250. The first-order valence-corrected chi connectivity index (χ1v) is 8.03. The molecule has 1 aliphatic rings. The fourth-order valence-electron chi connectivity index (χ4n) is 2.00. The van der Waals surface area contributed by atoms with E-state index >= 15 is 0 Å². The van der Waals surface area contributed by atoms with Gasteiger partial charge in [-0.05, 0) is 42.5 Å². The smallest absolute Gasteiger partial charge is 0.253 e. The molecule has 1 heterocycles. The van der Waals surface area contributed by atoms with Crippen molar-refractivity contribution in [3.63, 3.8) is 0 Å². The van der Waals surface area contributed by atoms with Crippen molar-refractivity contribution in [2.75, 3.05) is 5.32 Å². The third-order valence-corrected chi connectivity index (χ3v) is 4.12. The quantitative estimate of drug-likeness (QED) is 0.832. The Kier molecular flexibility index (Phi) is 4.34. The highest BCUT2D eigenvalue weighted by Gasteiger charge is 2.24. The summed E-state index contributed by atoms with van der Waals surface area (Å²) >= 11 is 1.56. The lowest BCUT2D eigenvalue weighted by Crippen LogP contribution is -2.26.